The number of carbonyl (C=O) groups is 5. The summed E-state index contributed by atoms with van der Waals surface area (Å²) in [7, 11) is 0. The Balaban J connectivity index is 3.27. The average Bonchev–Trinajstić information content (AvgIpc) is 2.78. The second kappa shape index (κ2) is 15.4. The van der Waals surface area contributed by atoms with Crippen molar-refractivity contribution in [2.45, 2.75) is 85.7 Å². The van der Waals surface area contributed by atoms with E-state index < -0.39 is 54.2 Å². The Morgan fingerprint density at radius 3 is 1.90 bits per heavy atom. The first kappa shape index (κ1) is 33.0. The van der Waals surface area contributed by atoms with Crippen molar-refractivity contribution in [3.63, 3.8) is 0 Å². The van der Waals surface area contributed by atoms with Gasteiger partial charge in [0.15, 0.2) is 11.5 Å². The molecule has 0 spiro atoms. The SMILES string of the molecule is CCOC(=O)Oc1ccc(C[C@H](NC(=O)OC(C)(C)C)C(=O)O[C@H](C)[C@@H](C)OC(C)=O)cc1OC(=O)OCC. The lowest BCUT2D eigenvalue weighted by atomic mass is 10.1. The molecule has 1 N–H and O–H groups in total. The van der Waals surface area contributed by atoms with Crippen LogP contribution in [-0.2, 0) is 39.7 Å². The second-order valence-corrected chi connectivity index (χ2v) is 9.21. The number of benzene rings is 1. The topological polar surface area (TPSA) is 162 Å². The van der Waals surface area contributed by atoms with Crippen molar-refractivity contribution < 1.29 is 57.1 Å². The largest absolute Gasteiger partial charge is 0.513 e. The van der Waals surface area contributed by atoms with E-state index in [1.54, 1.807) is 41.5 Å². The van der Waals surface area contributed by atoms with E-state index in [0.717, 1.165) is 0 Å². The highest BCUT2D eigenvalue weighted by molar-refractivity contribution is 5.82. The quantitative estimate of drug-likeness (QED) is 0.237. The minimum absolute atomic E-state index is 0.0320. The molecule has 0 bridgehead atoms. The second-order valence-electron chi connectivity index (χ2n) is 9.21. The lowest BCUT2D eigenvalue weighted by molar-refractivity contribution is -0.165. The van der Waals surface area contributed by atoms with Crippen molar-refractivity contribution in [1.82, 2.24) is 5.32 Å². The Morgan fingerprint density at radius 1 is 0.846 bits per heavy atom. The molecule has 0 aliphatic rings. The van der Waals surface area contributed by atoms with Crippen LogP contribution in [0.5, 0.6) is 11.5 Å². The molecule has 218 valence electrons. The molecule has 3 atom stereocenters. The number of hydrogen-bond donors (Lipinski definition) is 1. The van der Waals surface area contributed by atoms with E-state index in [-0.39, 0.29) is 31.1 Å². The third-order valence-corrected chi connectivity index (χ3v) is 4.65. The van der Waals surface area contributed by atoms with Crippen LogP contribution in [0.25, 0.3) is 0 Å². The standard InChI is InChI=1S/C26H37NO12/c1-9-33-24(31)37-20-12-11-18(14-21(20)38-25(32)34-10-2)13-19(27-23(30)39-26(6,7)8)22(29)36-16(4)15(3)35-17(5)28/h11-12,14-16,19H,9-10,13H2,1-8H3,(H,27,30)/t15-,16-,19+/m1/s1. The van der Waals surface area contributed by atoms with Crippen molar-refractivity contribution in [2.24, 2.45) is 0 Å². The minimum Gasteiger partial charge on any atom is -0.459 e. The van der Waals surface area contributed by atoms with Crippen LogP contribution in [-0.4, -0.2) is 67.4 Å². The van der Waals surface area contributed by atoms with Crippen molar-refractivity contribution >= 4 is 30.3 Å². The molecule has 1 rings (SSSR count). The molecule has 1 amide bonds. The fourth-order valence-corrected chi connectivity index (χ4v) is 2.92. The van der Waals surface area contributed by atoms with Crippen molar-refractivity contribution in [2.75, 3.05) is 13.2 Å². The molecular weight excluding hydrogens is 518 g/mol. The van der Waals surface area contributed by atoms with Gasteiger partial charge in [0.05, 0.1) is 13.2 Å². The molecule has 13 heteroatoms. The molecule has 0 aliphatic heterocycles. The van der Waals surface area contributed by atoms with Gasteiger partial charge >= 0.3 is 30.3 Å². The van der Waals surface area contributed by atoms with Gasteiger partial charge in [-0.1, -0.05) is 6.07 Å². The van der Waals surface area contributed by atoms with Gasteiger partial charge in [-0.2, -0.15) is 0 Å². The van der Waals surface area contributed by atoms with Gasteiger partial charge in [-0.05, 0) is 66.2 Å². The van der Waals surface area contributed by atoms with Crippen LogP contribution in [0.15, 0.2) is 18.2 Å². The third kappa shape index (κ3) is 12.9. The van der Waals surface area contributed by atoms with E-state index in [1.807, 2.05) is 0 Å². The maximum atomic E-state index is 13.1. The molecule has 0 saturated heterocycles. The highest BCUT2D eigenvalue weighted by Crippen LogP contribution is 2.30. The maximum absolute atomic E-state index is 13.1. The summed E-state index contributed by atoms with van der Waals surface area (Å²) in [5.41, 5.74) is -0.466. The smallest absolute Gasteiger partial charge is 0.459 e. The molecule has 0 radical (unpaired) electrons. The molecule has 39 heavy (non-hydrogen) atoms. The number of alkyl carbamates (subject to hydrolysis) is 1. The van der Waals surface area contributed by atoms with Crippen LogP contribution in [0, 0.1) is 0 Å². The molecular formula is C26H37NO12. The summed E-state index contributed by atoms with van der Waals surface area (Å²) in [6.45, 7) is 12.5. The maximum Gasteiger partial charge on any atom is 0.513 e. The summed E-state index contributed by atoms with van der Waals surface area (Å²) in [5, 5.41) is 2.47. The molecule has 0 fully saturated rings. The van der Waals surface area contributed by atoms with E-state index in [2.05, 4.69) is 5.32 Å². The number of rotatable bonds is 11. The predicted octanol–water partition coefficient (Wildman–Crippen LogP) is 4.08. The minimum atomic E-state index is -1.26. The van der Waals surface area contributed by atoms with Gasteiger partial charge in [-0.25, -0.2) is 19.2 Å². The first-order valence-corrected chi connectivity index (χ1v) is 12.3. The van der Waals surface area contributed by atoms with Gasteiger partial charge in [-0.3, -0.25) is 4.79 Å². The van der Waals surface area contributed by atoms with Crippen LogP contribution in [0.3, 0.4) is 0 Å². The van der Waals surface area contributed by atoms with E-state index in [9.17, 15) is 24.0 Å². The summed E-state index contributed by atoms with van der Waals surface area (Å²) in [4.78, 5) is 60.6. The summed E-state index contributed by atoms with van der Waals surface area (Å²) >= 11 is 0. The number of nitrogens with one attached hydrogen (secondary N) is 1. The van der Waals surface area contributed by atoms with Crippen molar-refractivity contribution in [1.29, 1.82) is 0 Å². The normalized spacial score (nSPS) is 13.1. The molecule has 0 saturated carbocycles. The fraction of sp³-hybridized carbons (Fsp3) is 0.577. The van der Waals surface area contributed by atoms with E-state index >= 15 is 0 Å². The molecule has 0 heterocycles. The first-order valence-electron chi connectivity index (χ1n) is 12.3. The van der Waals surface area contributed by atoms with Gasteiger partial charge < -0.3 is 38.5 Å². The average molecular weight is 556 g/mol. The van der Waals surface area contributed by atoms with E-state index in [4.69, 9.17) is 33.2 Å². The zero-order chi connectivity index (χ0) is 29.8. The van der Waals surface area contributed by atoms with Gasteiger partial charge in [-0.15, -0.1) is 0 Å². The lowest BCUT2D eigenvalue weighted by Crippen LogP contribution is -2.47. The number of amides is 1. The Morgan fingerprint density at radius 2 is 1.38 bits per heavy atom. The van der Waals surface area contributed by atoms with Crippen LogP contribution in [0.4, 0.5) is 14.4 Å². The number of ether oxygens (including phenoxy) is 7. The predicted molar refractivity (Wildman–Crippen MR) is 135 cm³/mol. The Kier molecular flexibility index (Phi) is 13.0. The number of hydrogen-bond acceptors (Lipinski definition) is 12. The van der Waals surface area contributed by atoms with Gasteiger partial charge in [0.25, 0.3) is 0 Å². The Labute approximate surface area is 227 Å². The zero-order valence-electron chi connectivity index (χ0n) is 23.5. The van der Waals surface area contributed by atoms with Crippen LogP contribution < -0.4 is 14.8 Å². The number of carbonyl (C=O) groups excluding carboxylic acids is 5. The van der Waals surface area contributed by atoms with Crippen LogP contribution in [0.2, 0.25) is 0 Å². The summed E-state index contributed by atoms with van der Waals surface area (Å²) < 4.78 is 35.5. The summed E-state index contributed by atoms with van der Waals surface area (Å²) in [5.74, 6) is -1.73. The van der Waals surface area contributed by atoms with E-state index in [1.165, 1.54) is 32.0 Å². The van der Waals surface area contributed by atoms with Crippen LogP contribution in [0.1, 0.15) is 61.0 Å². The Bertz CT molecular complexity index is 1020. The fourth-order valence-electron chi connectivity index (χ4n) is 2.92. The van der Waals surface area contributed by atoms with Gasteiger partial charge in [0.1, 0.15) is 23.9 Å². The molecule has 0 unspecified atom stereocenters. The first-order chi connectivity index (χ1) is 18.1. The Hall–Kier alpha value is -4.03. The van der Waals surface area contributed by atoms with Crippen molar-refractivity contribution in [3.8, 4) is 11.5 Å². The van der Waals surface area contributed by atoms with Gasteiger partial charge in [0, 0.05) is 13.3 Å². The monoisotopic (exact) mass is 555 g/mol. The number of esters is 2. The van der Waals surface area contributed by atoms with Crippen molar-refractivity contribution in [3.05, 3.63) is 23.8 Å². The lowest BCUT2D eigenvalue weighted by Gasteiger charge is -2.25. The summed E-state index contributed by atoms with van der Waals surface area (Å²) in [6, 6.07) is 2.86. The third-order valence-electron chi connectivity index (χ3n) is 4.65. The zero-order valence-corrected chi connectivity index (χ0v) is 23.5. The summed E-state index contributed by atoms with van der Waals surface area (Å²) in [6.07, 6.45) is -4.70. The highest BCUT2D eigenvalue weighted by Gasteiger charge is 2.29. The molecule has 0 aromatic heterocycles. The highest BCUT2D eigenvalue weighted by atomic mass is 16.7. The van der Waals surface area contributed by atoms with E-state index in [0.29, 0.717) is 5.56 Å². The van der Waals surface area contributed by atoms with Gasteiger partial charge in [0.2, 0.25) is 0 Å². The molecule has 13 nitrogen and oxygen atoms in total. The molecule has 1 aromatic rings. The molecule has 0 aliphatic carbocycles. The van der Waals surface area contributed by atoms with Crippen LogP contribution >= 0.6 is 0 Å². The molecule has 1 aromatic carbocycles.